The summed E-state index contributed by atoms with van der Waals surface area (Å²) in [5.41, 5.74) is 1.98. The highest BCUT2D eigenvalue weighted by Crippen LogP contribution is 2.10. The molecule has 0 saturated carbocycles. The SMILES string of the molecule is CCC[NH+]1CCC(=NNS(=O)(=O)c2ccc(C)cc2)CC1. The molecule has 0 aromatic heterocycles. The van der Waals surface area contributed by atoms with Crippen LogP contribution in [0.1, 0.15) is 31.7 Å². The number of hydrogen-bond acceptors (Lipinski definition) is 3. The number of likely N-dealkylation sites (tertiary alicyclic amines) is 1. The summed E-state index contributed by atoms with van der Waals surface area (Å²) in [6, 6.07) is 6.78. The predicted octanol–water partition coefficient (Wildman–Crippen LogP) is 0.718. The Morgan fingerprint density at radius 1 is 1.19 bits per heavy atom. The van der Waals surface area contributed by atoms with Crippen molar-refractivity contribution in [2.75, 3.05) is 19.6 Å². The molecule has 2 N–H and O–H groups in total. The van der Waals surface area contributed by atoms with E-state index in [4.69, 9.17) is 0 Å². The van der Waals surface area contributed by atoms with E-state index in [1.54, 1.807) is 29.2 Å². The van der Waals surface area contributed by atoms with Crippen molar-refractivity contribution in [3.8, 4) is 0 Å². The van der Waals surface area contributed by atoms with E-state index in [9.17, 15) is 8.42 Å². The van der Waals surface area contributed by atoms with E-state index in [1.807, 2.05) is 6.92 Å². The van der Waals surface area contributed by atoms with Crippen molar-refractivity contribution in [1.29, 1.82) is 0 Å². The minimum atomic E-state index is -3.54. The molecule has 0 atom stereocenters. The molecule has 1 aliphatic heterocycles. The maximum atomic E-state index is 12.1. The van der Waals surface area contributed by atoms with E-state index >= 15 is 0 Å². The first-order valence-corrected chi connectivity index (χ1v) is 8.97. The van der Waals surface area contributed by atoms with Crippen LogP contribution in [0.3, 0.4) is 0 Å². The zero-order valence-corrected chi connectivity index (χ0v) is 13.5. The van der Waals surface area contributed by atoms with Crippen molar-refractivity contribution >= 4 is 15.7 Å². The van der Waals surface area contributed by atoms with E-state index < -0.39 is 10.0 Å². The van der Waals surface area contributed by atoms with Crippen LogP contribution in [0.25, 0.3) is 0 Å². The predicted molar refractivity (Wildman–Crippen MR) is 84.0 cm³/mol. The van der Waals surface area contributed by atoms with Crippen LogP contribution >= 0.6 is 0 Å². The van der Waals surface area contributed by atoms with Gasteiger partial charge in [0.15, 0.2) is 0 Å². The van der Waals surface area contributed by atoms with Gasteiger partial charge in [-0.3, -0.25) is 0 Å². The fourth-order valence-corrected chi connectivity index (χ4v) is 3.35. The summed E-state index contributed by atoms with van der Waals surface area (Å²) in [6.45, 7) is 7.38. The second-order valence-electron chi connectivity index (χ2n) is 5.59. The van der Waals surface area contributed by atoms with Crippen molar-refractivity contribution in [2.24, 2.45) is 5.10 Å². The van der Waals surface area contributed by atoms with Gasteiger partial charge in [-0.15, -0.1) is 0 Å². The van der Waals surface area contributed by atoms with Crippen LogP contribution in [0.4, 0.5) is 0 Å². The number of quaternary nitrogens is 1. The molecule has 2 rings (SSSR count). The molecule has 0 bridgehead atoms. The van der Waals surface area contributed by atoms with Gasteiger partial charge in [0, 0.05) is 12.8 Å². The Kier molecular flexibility index (Phi) is 5.36. The van der Waals surface area contributed by atoms with Gasteiger partial charge >= 0.3 is 0 Å². The summed E-state index contributed by atoms with van der Waals surface area (Å²) >= 11 is 0. The number of hydrazone groups is 1. The molecule has 0 spiro atoms. The zero-order valence-electron chi connectivity index (χ0n) is 12.7. The third-order valence-corrected chi connectivity index (χ3v) is 5.02. The molecule has 1 aromatic carbocycles. The number of piperidine rings is 1. The number of benzene rings is 1. The van der Waals surface area contributed by atoms with E-state index in [0.717, 1.165) is 37.2 Å². The Hall–Kier alpha value is -1.40. The fraction of sp³-hybridized carbons (Fsp3) is 0.533. The van der Waals surface area contributed by atoms with Crippen LogP contribution in [-0.4, -0.2) is 33.8 Å². The summed E-state index contributed by atoms with van der Waals surface area (Å²) in [4.78, 5) is 4.20. The van der Waals surface area contributed by atoms with E-state index in [-0.39, 0.29) is 4.90 Å². The van der Waals surface area contributed by atoms with Crippen LogP contribution < -0.4 is 9.73 Å². The maximum absolute atomic E-state index is 12.1. The summed E-state index contributed by atoms with van der Waals surface area (Å²) < 4.78 is 24.3. The lowest BCUT2D eigenvalue weighted by molar-refractivity contribution is -0.901. The minimum Gasteiger partial charge on any atom is -0.334 e. The normalized spacial score (nSPS) is 19.3. The van der Waals surface area contributed by atoms with E-state index in [0.29, 0.717) is 0 Å². The van der Waals surface area contributed by atoms with Gasteiger partial charge in [0.2, 0.25) is 0 Å². The highest BCUT2D eigenvalue weighted by atomic mass is 32.2. The average molecular weight is 310 g/mol. The van der Waals surface area contributed by atoms with Gasteiger partial charge in [0.25, 0.3) is 10.0 Å². The first-order chi connectivity index (χ1) is 10.0. The number of aryl methyl sites for hydroxylation is 1. The van der Waals surface area contributed by atoms with Crippen LogP contribution in [0.2, 0.25) is 0 Å². The van der Waals surface area contributed by atoms with Gasteiger partial charge in [0.05, 0.1) is 30.2 Å². The third kappa shape index (κ3) is 4.54. The van der Waals surface area contributed by atoms with Gasteiger partial charge in [-0.2, -0.15) is 13.5 Å². The Morgan fingerprint density at radius 2 is 1.81 bits per heavy atom. The molecule has 1 heterocycles. The average Bonchev–Trinajstić information content (AvgIpc) is 2.47. The van der Waals surface area contributed by atoms with Gasteiger partial charge < -0.3 is 4.90 Å². The van der Waals surface area contributed by atoms with Crippen LogP contribution in [0.5, 0.6) is 0 Å². The molecule has 5 nitrogen and oxygen atoms in total. The molecule has 0 aliphatic carbocycles. The molecule has 0 amide bonds. The lowest BCUT2D eigenvalue weighted by atomic mass is 10.1. The summed E-state index contributed by atoms with van der Waals surface area (Å²) in [5.74, 6) is 0. The molecular weight excluding hydrogens is 286 g/mol. The Labute approximate surface area is 127 Å². The molecule has 1 aromatic rings. The highest BCUT2D eigenvalue weighted by Gasteiger charge is 2.18. The van der Waals surface area contributed by atoms with E-state index in [1.165, 1.54) is 13.0 Å². The van der Waals surface area contributed by atoms with Crippen molar-refractivity contribution in [3.05, 3.63) is 29.8 Å². The van der Waals surface area contributed by atoms with Crippen LogP contribution in [-0.2, 0) is 10.0 Å². The second kappa shape index (κ2) is 7.04. The van der Waals surface area contributed by atoms with Crippen molar-refractivity contribution in [2.45, 2.75) is 38.0 Å². The Morgan fingerprint density at radius 3 is 2.38 bits per heavy atom. The monoisotopic (exact) mass is 310 g/mol. The zero-order chi connectivity index (χ0) is 15.3. The molecule has 0 unspecified atom stereocenters. The number of nitrogens with one attached hydrogen (secondary N) is 2. The lowest BCUT2D eigenvalue weighted by Crippen LogP contribution is -3.13. The molecule has 116 valence electrons. The van der Waals surface area contributed by atoms with Gasteiger partial charge in [0.1, 0.15) is 0 Å². The van der Waals surface area contributed by atoms with E-state index in [2.05, 4.69) is 16.9 Å². The second-order valence-corrected chi connectivity index (χ2v) is 7.25. The smallest absolute Gasteiger partial charge is 0.276 e. The summed E-state index contributed by atoms with van der Waals surface area (Å²) in [7, 11) is -3.54. The fourth-order valence-electron chi connectivity index (χ4n) is 2.50. The molecular formula is C15H24N3O2S+. The Balaban J connectivity index is 1.96. The largest absolute Gasteiger partial charge is 0.334 e. The quantitative estimate of drug-likeness (QED) is 0.787. The standard InChI is InChI=1S/C15H23N3O2S/c1-3-10-18-11-8-14(9-12-18)16-17-21(19,20)15-6-4-13(2)5-7-15/h4-7,17H,3,8-12H2,1-2H3/p+1. The van der Waals surface area contributed by atoms with Crippen molar-refractivity contribution in [3.63, 3.8) is 0 Å². The molecule has 1 aliphatic rings. The molecule has 6 heteroatoms. The maximum Gasteiger partial charge on any atom is 0.276 e. The number of sulfonamides is 1. The summed E-state index contributed by atoms with van der Waals surface area (Å²) in [5, 5.41) is 4.11. The van der Waals surface area contributed by atoms with Crippen molar-refractivity contribution < 1.29 is 13.3 Å². The highest BCUT2D eigenvalue weighted by molar-refractivity contribution is 7.89. The van der Waals surface area contributed by atoms with Gasteiger partial charge in [-0.05, 0) is 25.5 Å². The first kappa shape index (κ1) is 16.0. The molecule has 1 saturated heterocycles. The third-order valence-electron chi connectivity index (χ3n) is 3.79. The van der Waals surface area contributed by atoms with Crippen LogP contribution in [0, 0.1) is 6.92 Å². The molecule has 1 fully saturated rings. The number of rotatable bonds is 5. The Bertz CT molecular complexity index is 584. The molecule has 21 heavy (non-hydrogen) atoms. The number of hydrogen-bond donors (Lipinski definition) is 2. The lowest BCUT2D eigenvalue weighted by Gasteiger charge is -2.24. The topological polar surface area (TPSA) is 63.0 Å². The van der Waals surface area contributed by atoms with Crippen LogP contribution in [0.15, 0.2) is 34.3 Å². The number of nitrogens with zero attached hydrogens (tertiary/aromatic N) is 1. The minimum absolute atomic E-state index is 0.256. The van der Waals surface area contributed by atoms with Gasteiger partial charge in [-0.25, -0.2) is 4.83 Å². The molecule has 0 radical (unpaired) electrons. The van der Waals surface area contributed by atoms with Gasteiger partial charge in [-0.1, -0.05) is 24.6 Å². The summed E-state index contributed by atoms with van der Waals surface area (Å²) in [6.07, 6.45) is 2.92. The first-order valence-electron chi connectivity index (χ1n) is 7.49. The van der Waals surface area contributed by atoms with Crippen molar-refractivity contribution in [1.82, 2.24) is 4.83 Å².